The zero-order chi connectivity index (χ0) is 19.4. The lowest BCUT2D eigenvalue weighted by molar-refractivity contribution is 0.317. The molecular formula is C16H13Cl6N3O. The van der Waals surface area contributed by atoms with Gasteiger partial charge in [-0.15, -0.1) is 0 Å². The summed E-state index contributed by atoms with van der Waals surface area (Å²) in [5.41, 5.74) is 0.889. The van der Waals surface area contributed by atoms with Crippen molar-refractivity contribution >= 4 is 81.8 Å². The highest BCUT2D eigenvalue weighted by molar-refractivity contribution is 6.67. The lowest BCUT2D eigenvalue weighted by atomic mass is 10.2. The van der Waals surface area contributed by atoms with E-state index in [-0.39, 0.29) is 17.5 Å². The highest BCUT2D eigenvalue weighted by Gasteiger charge is 2.33. The molecule has 0 unspecified atom stereocenters. The lowest BCUT2D eigenvalue weighted by Crippen LogP contribution is -2.16. The first-order chi connectivity index (χ1) is 12.1. The first-order valence-corrected chi connectivity index (χ1v) is 9.68. The Hall–Kier alpha value is -0.490. The Morgan fingerprint density at radius 2 is 1.38 bits per heavy atom. The van der Waals surface area contributed by atoms with Crippen molar-refractivity contribution in [3.63, 3.8) is 0 Å². The number of alkyl halides is 6. The Morgan fingerprint density at radius 3 is 1.85 bits per heavy atom. The van der Waals surface area contributed by atoms with Crippen molar-refractivity contribution in [3.05, 3.63) is 47.3 Å². The molecule has 0 saturated heterocycles. The number of benzene rings is 1. The van der Waals surface area contributed by atoms with E-state index >= 15 is 0 Å². The van der Waals surface area contributed by atoms with Gasteiger partial charge in [0.1, 0.15) is 5.75 Å². The molecule has 0 amide bonds. The fraction of sp³-hybridized carbons (Fsp3) is 0.312. The fourth-order valence-electron chi connectivity index (χ4n) is 1.79. The average Bonchev–Trinajstić information content (AvgIpc) is 2.57. The number of halogens is 6. The Labute approximate surface area is 181 Å². The molecule has 0 aliphatic rings. The molecule has 0 fully saturated rings. The summed E-state index contributed by atoms with van der Waals surface area (Å²) < 4.78 is 1.77. The SMILES string of the molecule is CCCOc1ccc(C=Cc2nc(C(Cl)(Cl)Cl)nc(C(Cl)(Cl)Cl)n2)cc1. The van der Waals surface area contributed by atoms with Gasteiger partial charge in [-0.2, -0.15) is 0 Å². The molecule has 0 spiro atoms. The molecule has 0 radical (unpaired) electrons. The quantitative estimate of drug-likeness (QED) is 0.464. The molecule has 0 aliphatic carbocycles. The summed E-state index contributed by atoms with van der Waals surface area (Å²) in [6.07, 6.45) is 4.31. The van der Waals surface area contributed by atoms with Gasteiger partial charge in [-0.3, -0.25) is 0 Å². The van der Waals surface area contributed by atoms with Gasteiger partial charge < -0.3 is 4.74 Å². The van der Waals surface area contributed by atoms with Crippen LogP contribution in [0.25, 0.3) is 12.2 Å². The summed E-state index contributed by atoms with van der Waals surface area (Å²) in [5, 5.41) is 0. The van der Waals surface area contributed by atoms with Crippen molar-refractivity contribution in [1.82, 2.24) is 15.0 Å². The molecule has 0 saturated carbocycles. The van der Waals surface area contributed by atoms with E-state index in [4.69, 9.17) is 74.3 Å². The number of hydrogen-bond donors (Lipinski definition) is 0. The zero-order valence-electron chi connectivity index (χ0n) is 13.4. The average molecular weight is 476 g/mol. The van der Waals surface area contributed by atoms with E-state index in [1.54, 1.807) is 12.2 Å². The van der Waals surface area contributed by atoms with Crippen LogP contribution in [-0.2, 0) is 7.59 Å². The van der Waals surface area contributed by atoms with Gasteiger partial charge in [0, 0.05) is 0 Å². The molecule has 0 bridgehead atoms. The molecule has 140 valence electrons. The first kappa shape index (κ1) is 21.8. The van der Waals surface area contributed by atoms with E-state index in [1.807, 2.05) is 31.2 Å². The van der Waals surface area contributed by atoms with Crippen LogP contribution in [-0.4, -0.2) is 21.6 Å². The van der Waals surface area contributed by atoms with Crippen molar-refractivity contribution in [2.24, 2.45) is 0 Å². The summed E-state index contributed by atoms with van der Waals surface area (Å²) in [4.78, 5) is 12.1. The van der Waals surface area contributed by atoms with Gasteiger partial charge in [0.05, 0.1) is 6.61 Å². The summed E-state index contributed by atoms with van der Waals surface area (Å²) in [5.74, 6) is 0.707. The summed E-state index contributed by atoms with van der Waals surface area (Å²) >= 11 is 35.0. The smallest absolute Gasteiger partial charge is 0.250 e. The Balaban J connectivity index is 2.28. The van der Waals surface area contributed by atoms with E-state index < -0.39 is 7.59 Å². The molecule has 2 rings (SSSR count). The van der Waals surface area contributed by atoms with E-state index in [0.29, 0.717) is 6.61 Å². The van der Waals surface area contributed by atoms with Gasteiger partial charge in [-0.25, -0.2) is 15.0 Å². The normalized spacial score (nSPS) is 12.6. The van der Waals surface area contributed by atoms with Crippen LogP contribution in [0.15, 0.2) is 24.3 Å². The van der Waals surface area contributed by atoms with Crippen LogP contribution in [0.2, 0.25) is 0 Å². The number of rotatable bonds is 5. The lowest BCUT2D eigenvalue weighted by Gasteiger charge is -2.14. The predicted molar refractivity (Wildman–Crippen MR) is 109 cm³/mol. The van der Waals surface area contributed by atoms with Crippen molar-refractivity contribution in [3.8, 4) is 5.75 Å². The van der Waals surface area contributed by atoms with Gasteiger partial charge in [0.25, 0.3) is 0 Å². The Kier molecular flexibility index (Phi) is 7.66. The number of nitrogens with zero attached hydrogens (tertiary/aromatic N) is 3. The monoisotopic (exact) mass is 473 g/mol. The van der Waals surface area contributed by atoms with E-state index in [9.17, 15) is 0 Å². The topological polar surface area (TPSA) is 47.9 Å². The standard InChI is InChI=1S/C16H13Cl6N3O/c1-2-9-26-11-6-3-10(4-7-11)5-8-12-23-13(15(17,18)19)25-14(24-12)16(20,21)22/h3-8H,2,9H2,1H3. The van der Waals surface area contributed by atoms with Crippen LogP contribution in [0, 0.1) is 0 Å². The first-order valence-electron chi connectivity index (χ1n) is 7.41. The predicted octanol–water partition coefficient (Wildman–Crippen LogP) is 6.48. The molecule has 10 heteroatoms. The largest absolute Gasteiger partial charge is 0.494 e. The molecule has 1 aromatic heterocycles. The second kappa shape index (κ2) is 9.13. The van der Waals surface area contributed by atoms with Gasteiger partial charge in [-0.05, 0) is 30.2 Å². The Morgan fingerprint density at radius 1 is 0.846 bits per heavy atom. The van der Waals surface area contributed by atoms with Crippen LogP contribution in [0.3, 0.4) is 0 Å². The van der Waals surface area contributed by atoms with E-state index in [1.165, 1.54) is 0 Å². The van der Waals surface area contributed by atoms with Gasteiger partial charge in [0.15, 0.2) is 17.5 Å². The molecule has 0 N–H and O–H groups in total. The van der Waals surface area contributed by atoms with E-state index in [2.05, 4.69) is 15.0 Å². The van der Waals surface area contributed by atoms with Crippen molar-refractivity contribution in [2.75, 3.05) is 6.61 Å². The molecule has 1 heterocycles. The third-order valence-corrected chi connectivity index (χ3v) is 3.95. The highest BCUT2D eigenvalue weighted by Crippen LogP contribution is 2.39. The van der Waals surface area contributed by atoms with Crippen LogP contribution in [0.1, 0.15) is 36.4 Å². The second-order valence-electron chi connectivity index (χ2n) is 5.09. The van der Waals surface area contributed by atoms with Gasteiger partial charge in [-0.1, -0.05) is 94.7 Å². The minimum absolute atomic E-state index is 0.137. The minimum atomic E-state index is -1.88. The van der Waals surface area contributed by atoms with Crippen molar-refractivity contribution in [2.45, 2.75) is 20.9 Å². The molecule has 1 aromatic carbocycles. The molecule has 0 aliphatic heterocycles. The van der Waals surface area contributed by atoms with Gasteiger partial charge in [0.2, 0.25) is 7.59 Å². The highest BCUT2D eigenvalue weighted by atomic mass is 35.6. The third kappa shape index (κ3) is 6.59. The van der Waals surface area contributed by atoms with Crippen molar-refractivity contribution in [1.29, 1.82) is 0 Å². The van der Waals surface area contributed by atoms with Gasteiger partial charge >= 0.3 is 0 Å². The fourth-order valence-corrected chi connectivity index (χ4v) is 2.29. The number of ether oxygens (including phenoxy) is 1. The maximum absolute atomic E-state index is 5.84. The maximum Gasteiger partial charge on any atom is 0.250 e. The molecule has 26 heavy (non-hydrogen) atoms. The van der Waals surface area contributed by atoms with Crippen LogP contribution >= 0.6 is 69.6 Å². The molecule has 4 nitrogen and oxygen atoms in total. The van der Waals surface area contributed by atoms with Crippen molar-refractivity contribution < 1.29 is 4.74 Å². The zero-order valence-corrected chi connectivity index (χ0v) is 17.9. The van der Waals surface area contributed by atoms with Crippen LogP contribution in [0.5, 0.6) is 5.75 Å². The number of aromatic nitrogens is 3. The van der Waals surface area contributed by atoms with Crippen LogP contribution in [0.4, 0.5) is 0 Å². The molecular weight excluding hydrogens is 463 g/mol. The summed E-state index contributed by atoms with van der Waals surface area (Å²) in [6, 6.07) is 7.49. The molecule has 2 aromatic rings. The molecule has 0 atom stereocenters. The van der Waals surface area contributed by atoms with Crippen LogP contribution < -0.4 is 4.74 Å². The third-order valence-electron chi connectivity index (χ3n) is 2.94. The summed E-state index contributed by atoms with van der Waals surface area (Å²) in [7, 11) is 0. The maximum atomic E-state index is 5.84. The Bertz CT molecular complexity index is 737. The summed E-state index contributed by atoms with van der Waals surface area (Å²) in [6.45, 7) is 2.71. The minimum Gasteiger partial charge on any atom is -0.494 e. The number of hydrogen-bond acceptors (Lipinski definition) is 4. The van der Waals surface area contributed by atoms with E-state index in [0.717, 1.165) is 17.7 Å². The second-order valence-corrected chi connectivity index (χ2v) is 9.65.